The second-order valence-corrected chi connectivity index (χ2v) is 5.74. The highest BCUT2D eigenvalue weighted by Gasteiger charge is 2.98. The topological polar surface area (TPSA) is 20.2 Å². The van der Waals surface area contributed by atoms with E-state index in [2.05, 4.69) is 6.92 Å². The van der Waals surface area contributed by atoms with Crippen molar-refractivity contribution >= 4 is 0 Å². The molecule has 6 rings (SSSR count). The van der Waals surface area contributed by atoms with E-state index in [1.165, 1.54) is 0 Å². The normalized spacial score (nSPS) is 96.5. The largest absolute Gasteiger partial charge is 0.393 e. The average Bonchev–Trinajstić information content (AvgIpc) is 2.73. The van der Waals surface area contributed by atoms with Gasteiger partial charge in [0.25, 0.3) is 0 Å². The van der Waals surface area contributed by atoms with Crippen LogP contribution in [0.25, 0.3) is 0 Å². The van der Waals surface area contributed by atoms with Crippen LogP contribution in [0.3, 0.4) is 0 Å². The van der Waals surface area contributed by atoms with Gasteiger partial charge in [-0.2, -0.15) is 0 Å². The van der Waals surface area contributed by atoms with E-state index in [1.807, 2.05) is 0 Å². The summed E-state index contributed by atoms with van der Waals surface area (Å²) in [6.45, 7) is 2.49. The summed E-state index contributed by atoms with van der Waals surface area (Å²) in [6, 6.07) is 0. The number of rotatable bonds is 0. The molecular weight excluding hydrogens is 136 g/mol. The number of aliphatic hydroxyl groups excluding tert-OH is 1. The molecule has 0 aromatic rings. The summed E-state index contributed by atoms with van der Waals surface area (Å²) in [5.41, 5.74) is 0.768. The molecule has 0 amide bonds. The Morgan fingerprint density at radius 3 is 1.73 bits per heavy atom. The van der Waals surface area contributed by atoms with Crippen LogP contribution < -0.4 is 0 Å². The van der Waals surface area contributed by atoms with Crippen molar-refractivity contribution < 1.29 is 5.11 Å². The Morgan fingerprint density at radius 1 is 0.909 bits per heavy atom. The fourth-order valence-electron chi connectivity index (χ4n) is 6.15. The molecular formula is C10H12O. The molecule has 6 aliphatic rings. The van der Waals surface area contributed by atoms with E-state index in [0.29, 0.717) is 0 Å². The van der Waals surface area contributed by atoms with Crippen LogP contribution in [0.1, 0.15) is 6.92 Å². The first-order chi connectivity index (χ1) is 5.28. The first kappa shape index (κ1) is 4.86. The number of aliphatic hydroxyl groups is 1. The van der Waals surface area contributed by atoms with Crippen LogP contribution in [0.5, 0.6) is 0 Å². The molecule has 6 saturated carbocycles. The highest BCUT2D eigenvalue weighted by molar-refractivity contribution is 5.44. The van der Waals surface area contributed by atoms with Gasteiger partial charge in [-0.3, -0.25) is 0 Å². The van der Waals surface area contributed by atoms with Crippen molar-refractivity contribution in [3.8, 4) is 0 Å². The van der Waals surface area contributed by atoms with Crippen LogP contribution in [0.15, 0.2) is 0 Å². The van der Waals surface area contributed by atoms with Gasteiger partial charge in [0.05, 0.1) is 6.10 Å². The maximum Gasteiger partial charge on any atom is 0.0608 e. The van der Waals surface area contributed by atoms with Crippen LogP contribution in [0.4, 0.5) is 0 Å². The lowest BCUT2D eigenvalue weighted by Gasteiger charge is -2.12. The van der Waals surface area contributed by atoms with Gasteiger partial charge in [0, 0.05) is 0 Å². The van der Waals surface area contributed by atoms with Crippen LogP contribution in [-0.4, -0.2) is 11.2 Å². The van der Waals surface area contributed by atoms with Crippen molar-refractivity contribution in [2.45, 2.75) is 13.0 Å². The van der Waals surface area contributed by atoms with Crippen molar-refractivity contribution in [2.75, 3.05) is 0 Å². The quantitative estimate of drug-likeness (QED) is 0.537. The second kappa shape index (κ2) is 0.891. The summed E-state index contributed by atoms with van der Waals surface area (Å²) in [5, 5.41) is 9.86. The van der Waals surface area contributed by atoms with Crippen LogP contribution >= 0.6 is 0 Å². The molecule has 11 heavy (non-hydrogen) atoms. The van der Waals surface area contributed by atoms with E-state index in [1.54, 1.807) is 0 Å². The summed E-state index contributed by atoms with van der Waals surface area (Å²) < 4.78 is 0. The fourth-order valence-corrected chi connectivity index (χ4v) is 6.15. The predicted molar refractivity (Wildman–Crippen MR) is 38.5 cm³/mol. The maximum absolute atomic E-state index is 9.86. The van der Waals surface area contributed by atoms with E-state index >= 15 is 0 Å². The Bertz CT molecular complexity index is 273. The van der Waals surface area contributed by atoms with Crippen molar-refractivity contribution in [3.05, 3.63) is 0 Å². The molecule has 6 aliphatic carbocycles. The molecule has 0 aromatic carbocycles. The standard InChI is InChI=1S/C10H12O/c1-10-6-2-3(6)5-8(10)7(10)4(2)9(5)11/h2-9,11H,1H3/t2-,3-,4-,5-,6?,7+,8+,9?,10?/m1/s1. The van der Waals surface area contributed by atoms with Crippen molar-refractivity contribution in [1.29, 1.82) is 0 Å². The lowest BCUT2D eigenvalue weighted by atomic mass is 9.99. The molecule has 1 N–H and O–H groups in total. The molecule has 0 radical (unpaired) electrons. The third-order valence-electron chi connectivity index (χ3n) is 6.07. The highest BCUT2D eigenvalue weighted by atomic mass is 16.3. The van der Waals surface area contributed by atoms with Crippen LogP contribution in [-0.2, 0) is 0 Å². The molecule has 6 atom stereocenters. The summed E-state index contributed by atoms with van der Waals surface area (Å²) in [4.78, 5) is 0. The average molecular weight is 148 g/mol. The predicted octanol–water partition coefficient (Wildman–Crippen LogP) is 0.735. The second-order valence-electron chi connectivity index (χ2n) is 5.74. The molecule has 0 unspecified atom stereocenters. The smallest absolute Gasteiger partial charge is 0.0608 e. The van der Waals surface area contributed by atoms with Gasteiger partial charge < -0.3 is 5.11 Å². The van der Waals surface area contributed by atoms with E-state index < -0.39 is 0 Å². The SMILES string of the molecule is CC12C3[C@@H]4[C@@H]3[C@H]3C(O)[C@H]4[C@H]1[C@H]32. The lowest BCUT2D eigenvalue weighted by Crippen LogP contribution is -2.18. The van der Waals surface area contributed by atoms with Crippen molar-refractivity contribution in [1.82, 2.24) is 0 Å². The molecule has 0 aliphatic heterocycles. The van der Waals surface area contributed by atoms with E-state index in [-0.39, 0.29) is 6.10 Å². The molecule has 0 spiro atoms. The molecule has 1 nitrogen and oxygen atoms in total. The van der Waals surface area contributed by atoms with Gasteiger partial charge in [-0.15, -0.1) is 0 Å². The molecule has 6 fully saturated rings. The van der Waals surface area contributed by atoms with Gasteiger partial charge in [0.15, 0.2) is 0 Å². The molecule has 1 heteroatoms. The van der Waals surface area contributed by atoms with E-state index in [0.717, 1.165) is 46.8 Å². The third kappa shape index (κ3) is 0.217. The van der Waals surface area contributed by atoms with Gasteiger partial charge in [-0.05, 0) is 46.8 Å². The van der Waals surface area contributed by atoms with Crippen LogP contribution in [0.2, 0.25) is 0 Å². The third-order valence-corrected chi connectivity index (χ3v) is 6.07. The molecule has 58 valence electrons. The summed E-state index contributed by atoms with van der Waals surface area (Å²) in [7, 11) is 0. The summed E-state index contributed by atoms with van der Waals surface area (Å²) in [5.74, 6) is 6.65. The van der Waals surface area contributed by atoms with Gasteiger partial charge in [-0.1, -0.05) is 6.92 Å². The van der Waals surface area contributed by atoms with Gasteiger partial charge >= 0.3 is 0 Å². The Balaban J connectivity index is 1.90. The minimum Gasteiger partial charge on any atom is -0.393 e. The van der Waals surface area contributed by atoms with Gasteiger partial charge in [-0.25, -0.2) is 0 Å². The number of hydrogen-bond donors (Lipinski definition) is 1. The zero-order valence-corrected chi connectivity index (χ0v) is 6.57. The lowest BCUT2D eigenvalue weighted by molar-refractivity contribution is 0.0978. The minimum atomic E-state index is 0.145. The minimum absolute atomic E-state index is 0.145. The Kier molecular flexibility index (Phi) is 0.393. The van der Waals surface area contributed by atoms with Gasteiger partial charge in [0.2, 0.25) is 0 Å². The maximum atomic E-state index is 9.86. The molecule has 0 heterocycles. The van der Waals surface area contributed by atoms with Crippen molar-refractivity contribution in [3.63, 3.8) is 0 Å². The number of hydrogen-bond acceptors (Lipinski definition) is 1. The summed E-state index contributed by atoms with van der Waals surface area (Å²) >= 11 is 0. The van der Waals surface area contributed by atoms with Crippen LogP contribution in [0, 0.1) is 46.8 Å². The van der Waals surface area contributed by atoms with Gasteiger partial charge in [0.1, 0.15) is 0 Å². The van der Waals surface area contributed by atoms with E-state index in [4.69, 9.17) is 0 Å². The molecule has 0 saturated heterocycles. The zero-order chi connectivity index (χ0) is 7.12. The Morgan fingerprint density at radius 2 is 1.45 bits per heavy atom. The summed E-state index contributed by atoms with van der Waals surface area (Å²) in [6.07, 6.45) is 0.145. The first-order valence-corrected chi connectivity index (χ1v) is 4.96. The molecule has 0 aromatic heterocycles. The van der Waals surface area contributed by atoms with Crippen molar-refractivity contribution in [2.24, 2.45) is 46.8 Å². The monoisotopic (exact) mass is 148 g/mol. The van der Waals surface area contributed by atoms with E-state index in [9.17, 15) is 5.11 Å². The fraction of sp³-hybridized carbons (Fsp3) is 1.00. The Labute approximate surface area is 65.8 Å². The Hall–Kier alpha value is -0.0400. The highest BCUT2D eigenvalue weighted by Crippen LogP contribution is 2.99. The zero-order valence-electron chi connectivity index (χ0n) is 6.57. The first-order valence-electron chi connectivity index (χ1n) is 4.96. The molecule has 2 bridgehead atoms.